The summed E-state index contributed by atoms with van der Waals surface area (Å²) in [5, 5.41) is 18.4. The summed E-state index contributed by atoms with van der Waals surface area (Å²) in [5.41, 5.74) is 0. The van der Waals surface area contributed by atoms with E-state index in [1.54, 1.807) is 0 Å². The molecule has 0 aliphatic carbocycles. The molecule has 0 saturated heterocycles. The Bertz CT molecular complexity index is 121. The lowest BCUT2D eigenvalue weighted by atomic mass is 10.1. The van der Waals surface area contributed by atoms with Gasteiger partial charge >= 0.3 is 0 Å². The number of ether oxygens (including phenoxy) is 2. The average molecular weight is 192 g/mol. The van der Waals surface area contributed by atoms with Gasteiger partial charge in [0.25, 0.3) is 0 Å². The zero-order chi connectivity index (χ0) is 10.3. The van der Waals surface area contributed by atoms with E-state index in [-0.39, 0.29) is 6.61 Å². The minimum Gasteiger partial charge on any atom is -0.393 e. The molecule has 0 heterocycles. The van der Waals surface area contributed by atoms with Crippen molar-refractivity contribution in [2.24, 2.45) is 0 Å². The van der Waals surface area contributed by atoms with Gasteiger partial charge in [-0.05, 0) is 13.8 Å². The Morgan fingerprint density at radius 2 is 1.62 bits per heavy atom. The molecule has 0 rings (SSSR count). The van der Waals surface area contributed by atoms with Crippen molar-refractivity contribution < 1.29 is 19.7 Å². The summed E-state index contributed by atoms with van der Waals surface area (Å²) in [6.45, 7) is 6.05. The minimum atomic E-state index is -1.04. The van der Waals surface area contributed by atoms with Crippen molar-refractivity contribution in [1.82, 2.24) is 0 Å². The predicted molar refractivity (Wildman–Crippen MR) is 49.4 cm³/mol. The van der Waals surface area contributed by atoms with Gasteiger partial charge in [-0.3, -0.25) is 0 Å². The molecule has 13 heavy (non-hydrogen) atoms. The summed E-state index contributed by atoms with van der Waals surface area (Å²) in [4.78, 5) is 0. The Morgan fingerprint density at radius 1 is 1.15 bits per heavy atom. The number of hydrogen-bond acceptors (Lipinski definition) is 4. The SMILES string of the molecule is CCOC(CC)(OCC)C(O)CO. The molecule has 0 aliphatic rings. The molecule has 0 saturated carbocycles. The molecule has 0 radical (unpaired) electrons. The van der Waals surface area contributed by atoms with Crippen LogP contribution < -0.4 is 0 Å². The van der Waals surface area contributed by atoms with Gasteiger partial charge in [-0.2, -0.15) is 0 Å². The van der Waals surface area contributed by atoms with Crippen molar-refractivity contribution in [3.63, 3.8) is 0 Å². The van der Waals surface area contributed by atoms with E-state index in [0.717, 1.165) is 0 Å². The van der Waals surface area contributed by atoms with E-state index in [1.807, 2.05) is 20.8 Å². The number of aliphatic hydroxyl groups excluding tert-OH is 2. The van der Waals surface area contributed by atoms with Crippen LogP contribution in [-0.2, 0) is 9.47 Å². The Labute approximate surface area is 79.5 Å². The fourth-order valence-corrected chi connectivity index (χ4v) is 1.30. The summed E-state index contributed by atoms with van der Waals surface area (Å²) < 4.78 is 10.7. The highest BCUT2D eigenvalue weighted by molar-refractivity contribution is 4.77. The van der Waals surface area contributed by atoms with Gasteiger partial charge in [0.2, 0.25) is 0 Å². The van der Waals surface area contributed by atoms with Gasteiger partial charge in [0.1, 0.15) is 6.10 Å². The molecule has 0 aliphatic heterocycles. The Morgan fingerprint density at radius 3 is 1.85 bits per heavy atom. The highest BCUT2D eigenvalue weighted by Crippen LogP contribution is 2.22. The van der Waals surface area contributed by atoms with Gasteiger partial charge < -0.3 is 19.7 Å². The lowest BCUT2D eigenvalue weighted by Crippen LogP contribution is -2.49. The molecule has 1 atom stereocenters. The molecule has 2 N–H and O–H groups in total. The summed E-state index contributed by atoms with van der Waals surface area (Å²) in [6.07, 6.45) is -0.478. The summed E-state index contributed by atoms with van der Waals surface area (Å²) >= 11 is 0. The van der Waals surface area contributed by atoms with Gasteiger partial charge in [-0.25, -0.2) is 0 Å². The van der Waals surface area contributed by atoms with Crippen LogP contribution in [0.2, 0.25) is 0 Å². The highest BCUT2D eigenvalue weighted by Gasteiger charge is 2.37. The van der Waals surface area contributed by atoms with Crippen LogP contribution in [0.15, 0.2) is 0 Å². The van der Waals surface area contributed by atoms with E-state index in [9.17, 15) is 5.11 Å². The molecule has 0 fully saturated rings. The molecule has 0 amide bonds. The van der Waals surface area contributed by atoms with Crippen LogP contribution in [0.5, 0.6) is 0 Å². The molecular formula is C9H20O4. The van der Waals surface area contributed by atoms with E-state index in [4.69, 9.17) is 14.6 Å². The van der Waals surface area contributed by atoms with E-state index in [2.05, 4.69) is 0 Å². The summed E-state index contributed by atoms with van der Waals surface area (Å²) in [6, 6.07) is 0. The first-order valence-electron chi connectivity index (χ1n) is 4.73. The van der Waals surface area contributed by atoms with E-state index < -0.39 is 11.9 Å². The molecule has 4 heteroatoms. The maximum Gasteiger partial charge on any atom is 0.196 e. The third-order valence-electron chi connectivity index (χ3n) is 1.95. The summed E-state index contributed by atoms with van der Waals surface area (Å²) in [7, 11) is 0. The molecule has 0 spiro atoms. The smallest absolute Gasteiger partial charge is 0.196 e. The van der Waals surface area contributed by atoms with Crippen LogP contribution in [-0.4, -0.2) is 41.9 Å². The molecule has 0 bridgehead atoms. The second-order valence-corrected chi connectivity index (χ2v) is 2.73. The molecular weight excluding hydrogens is 172 g/mol. The Hall–Kier alpha value is -0.160. The Kier molecular flexibility index (Phi) is 6.24. The zero-order valence-electron chi connectivity index (χ0n) is 8.62. The molecule has 0 aromatic heterocycles. The van der Waals surface area contributed by atoms with Crippen LogP contribution in [0, 0.1) is 0 Å². The minimum absolute atomic E-state index is 0.353. The van der Waals surface area contributed by atoms with E-state index >= 15 is 0 Å². The van der Waals surface area contributed by atoms with Gasteiger partial charge in [0, 0.05) is 19.6 Å². The van der Waals surface area contributed by atoms with E-state index in [0.29, 0.717) is 19.6 Å². The van der Waals surface area contributed by atoms with Crippen molar-refractivity contribution >= 4 is 0 Å². The molecule has 0 aromatic rings. The summed E-state index contributed by atoms with van der Waals surface area (Å²) in [5.74, 6) is -1.04. The normalized spacial score (nSPS) is 14.5. The first-order valence-corrected chi connectivity index (χ1v) is 4.73. The van der Waals surface area contributed by atoms with Crippen molar-refractivity contribution in [2.45, 2.75) is 39.1 Å². The lowest BCUT2D eigenvalue weighted by molar-refractivity contribution is -0.286. The lowest BCUT2D eigenvalue weighted by Gasteiger charge is -2.35. The second-order valence-electron chi connectivity index (χ2n) is 2.73. The standard InChI is InChI=1S/C9H20O4/c1-4-9(12-5-2,13-6-3)8(11)7-10/h8,10-11H,4-7H2,1-3H3. The fourth-order valence-electron chi connectivity index (χ4n) is 1.30. The topological polar surface area (TPSA) is 58.9 Å². The van der Waals surface area contributed by atoms with Crippen LogP contribution in [0.4, 0.5) is 0 Å². The molecule has 1 unspecified atom stereocenters. The van der Waals surface area contributed by atoms with Gasteiger partial charge in [0.05, 0.1) is 6.61 Å². The van der Waals surface area contributed by atoms with Gasteiger partial charge in [0.15, 0.2) is 5.79 Å². The van der Waals surface area contributed by atoms with E-state index in [1.165, 1.54) is 0 Å². The predicted octanol–water partition coefficient (Wildman–Crippen LogP) is 0.519. The highest BCUT2D eigenvalue weighted by atomic mass is 16.7. The molecule has 0 aromatic carbocycles. The maximum atomic E-state index is 9.53. The van der Waals surface area contributed by atoms with Crippen LogP contribution >= 0.6 is 0 Å². The monoisotopic (exact) mass is 192 g/mol. The second kappa shape index (κ2) is 6.32. The number of rotatable bonds is 7. The number of aliphatic hydroxyl groups is 2. The first kappa shape index (κ1) is 12.8. The quantitative estimate of drug-likeness (QED) is 0.577. The van der Waals surface area contributed by atoms with Crippen LogP contribution in [0.25, 0.3) is 0 Å². The van der Waals surface area contributed by atoms with Crippen molar-refractivity contribution in [3.8, 4) is 0 Å². The zero-order valence-corrected chi connectivity index (χ0v) is 8.62. The molecule has 80 valence electrons. The third-order valence-corrected chi connectivity index (χ3v) is 1.95. The fraction of sp³-hybridized carbons (Fsp3) is 1.00. The van der Waals surface area contributed by atoms with Crippen molar-refractivity contribution in [2.75, 3.05) is 19.8 Å². The van der Waals surface area contributed by atoms with Crippen LogP contribution in [0.1, 0.15) is 27.2 Å². The number of hydrogen-bond donors (Lipinski definition) is 2. The third kappa shape index (κ3) is 3.23. The van der Waals surface area contributed by atoms with Crippen molar-refractivity contribution in [1.29, 1.82) is 0 Å². The first-order chi connectivity index (χ1) is 6.16. The van der Waals surface area contributed by atoms with Gasteiger partial charge in [-0.1, -0.05) is 6.92 Å². The maximum absolute atomic E-state index is 9.53. The molecule has 4 nitrogen and oxygen atoms in total. The van der Waals surface area contributed by atoms with Crippen molar-refractivity contribution in [3.05, 3.63) is 0 Å². The van der Waals surface area contributed by atoms with Crippen LogP contribution in [0.3, 0.4) is 0 Å². The average Bonchev–Trinajstić information content (AvgIpc) is 2.16. The van der Waals surface area contributed by atoms with Gasteiger partial charge in [-0.15, -0.1) is 0 Å². The Balaban J connectivity index is 4.42. The largest absolute Gasteiger partial charge is 0.393 e.